The van der Waals surface area contributed by atoms with Gasteiger partial charge in [-0.15, -0.1) is 11.3 Å². The third kappa shape index (κ3) is 3.51. The Labute approximate surface area is 105 Å². The van der Waals surface area contributed by atoms with Gasteiger partial charge in [0.2, 0.25) is 5.01 Å². The molecule has 1 aliphatic rings. The van der Waals surface area contributed by atoms with Crippen molar-refractivity contribution in [2.24, 2.45) is 5.92 Å². The van der Waals surface area contributed by atoms with Crippen molar-refractivity contribution in [3.8, 4) is 0 Å². The van der Waals surface area contributed by atoms with E-state index in [1.165, 1.54) is 37.0 Å². The third-order valence-corrected chi connectivity index (χ3v) is 4.09. The van der Waals surface area contributed by atoms with E-state index in [1.807, 2.05) is 5.38 Å². The predicted octanol–water partition coefficient (Wildman–Crippen LogP) is 2.46. The molecule has 0 atom stereocenters. The van der Waals surface area contributed by atoms with Crippen LogP contribution in [0.3, 0.4) is 0 Å². The summed E-state index contributed by atoms with van der Waals surface area (Å²) in [6, 6.07) is 0. The van der Waals surface area contributed by atoms with Gasteiger partial charge in [-0.25, -0.2) is 9.78 Å². The molecule has 1 heterocycles. The molecule has 17 heavy (non-hydrogen) atoms. The number of hydrogen-bond acceptors (Lipinski definition) is 4. The molecule has 0 aromatic carbocycles. The molecule has 0 unspecified atom stereocenters. The highest BCUT2D eigenvalue weighted by Gasteiger charge is 2.17. The minimum atomic E-state index is -0.931. The molecule has 0 radical (unpaired) electrons. The summed E-state index contributed by atoms with van der Waals surface area (Å²) < 4.78 is 0. The van der Waals surface area contributed by atoms with Crippen LogP contribution in [0.1, 0.15) is 41.2 Å². The van der Waals surface area contributed by atoms with Crippen LogP contribution >= 0.6 is 11.3 Å². The molecule has 2 rings (SSSR count). The van der Waals surface area contributed by atoms with Crippen LogP contribution in [0.4, 0.5) is 0 Å². The van der Waals surface area contributed by atoms with Gasteiger partial charge in [-0.2, -0.15) is 0 Å². The monoisotopic (exact) mass is 254 g/mol. The number of carboxylic acid groups (broad SMARTS) is 1. The molecule has 1 fully saturated rings. The molecule has 5 heteroatoms. The van der Waals surface area contributed by atoms with Gasteiger partial charge in [0, 0.05) is 18.5 Å². The van der Waals surface area contributed by atoms with E-state index in [1.54, 1.807) is 0 Å². The Morgan fingerprint density at radius 2 is 2.29 bits per heavy atom. The first-order valence-corrected chi connectivity index (χ1v) is 6.89. The van der Waals surface area contributed by atoms with E-state index in [0.29, 0.717) is 0 Å². The van der Waals surface area contributed by atoms with Gasteiger partial charge in [0.15, 0.2) is 0 Å². The number of carbonyl (C=O) groups is 1. The van der Waals surface area contributed by atoms with Gasteiger partial charge < -0.3 is 10.0 Å². The van der Waals surface area contributed by atoms with Gasteiger partial charge in [0.25, 0.3) is 0 Å². The molecule has 94 valence electrons. The molecule has 1 aromatic rings. The highest BCUT2D eigenvalue weighted by molar-refractivity contribution is 7.11. The zero-order valence-corrected chi connectivity index (χ0v) is 10.9. The van der Waals surface area contributed by atoms with Crippen molar-refractivity contribution in [3.05, 3.63) is 16.1 Å². The van der Waals surface area contributed by atoms with E-state index in [2.05, 4.69) is 16.9 Å². The second-order valence-corrected chi connectivity index (χ2v) is 5.65. The maximum Gasteiger partial charge on any atom is 0.365 e. The lowest BCUT2D eigenvalue weighted by Crippen LogP contribution is -2.24. The average molecular weight is 254 g/mol. The summed E-state index contributed by atoms with van der Waals surface area (Å²) in [4.78, 5) is 17.1. The van der Waals surface area contributed by atoms with Gasteiger partial charge >= 0.3 is 5.97 Å². The second kappa shape index (κ2) is 5.60. The quantitative estimate of drug-likeness (QED) is 0.877. The Balaban J connectivity index is 1.84. The van der Waals surface area contributed by atoms with Crippen LogP contribution in [0.15, 0.2) is 5.38 Å². The number of rotatable bonds is 5. The Hall–Kier alpha value is -0.940. The van der Waals surface area contributed by atoms with Crippen molar-refractivity contribution in [1.82, 2.24) is 9.88 Å². The van der Waals surface area contributed by atoms with Crippen molar-refractivity contribution in [1.29, 1.82) is 0 Å². The predicted molar refractivity (Wildman–Crippen MR) is 67.4 cm³/mol. The van der Waals surface area contributed by atoms with E-state index in [-0.39, 0.29) is 5.01 Å². The average Bonchev–Trinajstić information content (AvgIpc) is 2.88. The minimum Gasteiger partial charge on any atom is -0.476 e. The third-order valence-electron chi connectivity index (χ3n) is 3.21. The molecule has 0 spiro atoms. The molecular formula is C12H18N2O2S. The zero-order valence-electron chi connectivity index (χ0n) is 10.1. The summed E-state index contributed by atoms with van der Waals surface area (Å²) in [5, 5.41) is 10.8. The lowest BCUT2D eigenvalue weighted by molar-refractivity contribution is 0.0696. The van der Waals surface area contributed by atoms with E-state index in [0.717, 1.165) is 24.7 Å². The number of aromatic carboxylic acids is 1. The molecule has 0 bridgehead atoms. The highest BCUT2D eigenvalue weighted by Crippen LogP contribution is 2.25. The summed E-state index contributed by atoms with van der Waals surface area (Å²) in [5.74, 6) is -0.114. The van der Waals surface area contributed by atoms with Crippen molar-refractivity contribution in [3.63, 3.8) is 0 Å². The summed E-state index contributed by atoms with van der Waals surface area (Å²) >= 11 is 1.21. The second-order valence-electron chi connectivity index (χ2n) is 4.80. The lowest BCUT2D eigenvalue weighted by atomic mass is 10.1. The first kappa shape index (κ1) is 12.5. The summed E-state index contributed by atoms with van der Waals surface area (Å²) in [7, 11) is 2.08. The number of carboxylic acids is 1. The highest BCUT2D eigenvalue weighted by atomic mass is 32.1. The fraction of sp³-hybridized carbons (Fsp3) is 0.667. The molecular weight excluding hydrogens is 236 g/mol. The topological polar surface area (TPSA) is 53.4 Å². The smallest absolute Gasteiger partial charge is 0.365 e. The van der Waals surface area contributed by atoms with Crippen LogP contribution in [0.25, 0.3) is 0 Å². The number of thiazole rings is 1. The first-order valence-electron chi connectivity index (χ1n) is 6.01. The van der Waals surface area contributed by atoms with E-state index >= 15 is 0 Å². The Kier molecular flexibility index (Phi) is 4.12. The minimum absolute atomic E-state index is 0.189. The fourth-order valence-corrected chi connectivity index (χ4v) is 3.10. The summed E-state index contributed by atoms with van der Waals surface area (Å²) in [6.07, 6.45) is 5.39. The molecule has 1 aliphatic carbocycles. The van der Waals surface area contributed by atoms with Crippen molar-refractivity contribution >= 4 is 17.3 Å². The van der Waals surface area contributed by atoms with E-state index in [4.69, 9.17) is 5.11 Å². The molecule has 0 saturated heterocycles. The Morgan fingerprint density at radius 3 is 2.88 bits per heavy atom. The maximum absolute atomic E-state index is 10.7. The molecule has 0 amide bonds. The first-order chi connectivity index (χ1) is 8.15. The summed E-state index contributed by atoms with van der Waals surface area (Å²) in [5.41, 5.74) is 0.868. The molecule has 4 nitrogen and oxygen atoms in total. The van der Waals surface area contributed by atoms with Gasteiger partial charge in [0.1, 0.15) is 0 Å². The summed E-state index contributed by atoms with van der Waals surface area (Å²) in [6.45, 7) is 1.85. The maximum atomic E-state index is 10.7. The Morgan fingerprint density at radius 1 is 1.59 bits per heavy atom. The Bertz CT molecular complexity index is 386. The molecule has 1 N–H and O–H groups in total. The van der Waals surface area contributed by atoms with Crippen molar-refractivity contribution in [2.75, 3.05) is 13.6 Å². The lowest BCUT2D eigenvalue weighted by Gasteiger charge is -2.19. The van der Waals surface area contributed by atoms with Crippen molar-refractivity contribution < 1.29 is 9.90 Å². The molecule has 1 aromatic heterocycles. The molecule has 1 saturated carbocycles. The van der Waals surface area contributed by atoms with Crippen LogP contribution in [0, 0.1) is 5.92 Å². The van der Waals surface area contributed by atoms with Gasteiger partial charge in [-0.3, -0.25) is 0 Å². The number of nitrogens with zero attached hydrogens (tertiary/aromatic N) is 2. The van der Waals surface area contributed by atoms with Crippen LogP contribution in [-0.2, 0) is 6.54 Å². The van der Waals surface area contributed by atoms with Crippen LogP contribution in [-0.4, -0.2) is 34.6 Å². The van der Waals surface area contributed by atoms with Crippen LogP contribution in [0.5, 0.6) is 0 Å². The largest absolute Gasteiger partial charge is 0.476 e. The van der Waals surface area contributed by atoms with Crippen molar-refractivity contribution in [2.45, 2.75) is 32.2 Å². The van der Waals surface area contributed by atoms with Gasteiger partial charge in [-0.05, 0) is 25.8 Å². The fourth-order valence-electron chi connectivity index (χ4n) is 2.45. The van der Waals surface area contributed by atoms with E-state index < -0.39 is 5.97 Å². The van der Waals surface area contributed by atoms with Crippen LogP contribution < -0.4 is 0 Å². The van der Waals surface area contributed by atoms with Gasteiger partial charge in [0.05, 0.1) is 5.69 Å². The van der Waals surface area contributed by atoms with E-state index in [9.17, 15) is 4.79 Å². The number of hydrogen-bond donors (Lipinski definition) is 1. The van der Waals surface area contributed by atoms with Gasteiger partial charge in [-0.1, -0.05) is 12.8 Å². The zero-order chi connectivity index (χ0) is 12.3. The normalized spacial score (nSPS) is 16.8. The molecule has 0 aliphatic heterocycles. The number of aromatic nitrogens is 1. The SMILES string of the molecule is CN(Cc1csc(C(=O)O)n1)CC1CCCC1. The van der Waals surface area contributed by atoms with Crippen LogP contribution in [0.2, 0.25) is 0 Å². The standard InChI is InChI=1S/C12H18N2O2S/c1-14(6-9-4-2-3-5-9)7-10-8-17-11(13-10)12(15)16/h8-9H,2-7H2,1H3,(H,15,16).